The van der Waals surface area contributed by atoms with E-state index in [9.17, 15) is 4.79 Å². The van der Waals surface area contributed by atoms with E-state index in [1.54, 1.807) is 18.3 Å². The highest BCUT2D eigenvalue weighted by Gasteiger charge is 2.10. The van der Waals surface area contributed by atoms with Gasteiger partial charge in [0.1, 0.15) is 5.01 Å². The van der Waals surface area contributed by atoms with Crippen LogP contribution in [0.1, 0.15) is 22.3 Å². The SMILES string of the molecule is CCc1nnc(NC(=O)c2ccc3cn[nH]c3c2)s1. The number of aromatic nitrogens is 4. The van der Waals surface area contributed by atoms with Crippen molar-refractivity contribution < 1.29 is 4.79 Å². The van der Waals surface area contributed by atoms with Crippen molar-refractivity contribution in [3.63, 3.8) is 0 Å². The van der Waals surface area contributed by atoms with Gasteiger partial charge >= 0.3 is 0 Å². The minimum absolute atomic E-state index is 0.199. The number of nitrogens with zero attached hydrogens (tertiary/aromatic N) is 3. The number of carbonyl (C=O) groups excluding carboxylic acids is 1. The van der Waals surface area contributed by atoms with Gasteiger partial charge in [-0.15, -0.1) is 10.2 Å². The van der Waals surface area contributed by atoms with Crippen molar-refractivity contribution in [3.05, 3.63) is 35.0 Å². The van der Waals surface area contributed by atoms with Crippen molar-refractivity contribution in [3.8, 4) is 0 Å². The second kappa shape index (κ2) is 4.77. The Morgan fingerprint density at radius 2 is 2.32 bits per heavy atom. The van der Waals surface area contributed by atoms with Crippen molar-refractivity contribution in [1.29, 1.82) is 0 Å². The molecule has 0 unspecified atom stereocenters. The van der Waals surface area contributed by atoms with Crippen molar-refractivity contribution in [2.75, 3.05) is 5.32 Å². The van der Waals surface area contributed by atoms with Gasteiger partial charge in [-0.3, -0.25) is 15.2 Å². The van der Waals surface area contributed by atoms with Crippen LogP contribution in [0, 0.1) is 0 Å². The Morgan fingerprint density at radius 1 is 1.42 bits per heavy atom. The Balaban J connectivity index is 1.82. The maximum absolute atomic E-state index is 12.1. The van der Waals surface area contributed by atoms with Crippen LogP contribution in [0.15, 0.2) is 24.4 Å². The van der Waals surface area contributed by atoms with Crippen LogP contribution >= 0.6 is 11.3 Å². The minimum atomic E-state index is -0.199. The molecule has 2 aromatic heterocycles. The number of benzene rings is 1. The first-order valence-corrected chi connectivity index (χ1v) is 6.65. The molecule has 0 aliphatic carbocycles. The van der Waals surface area contributed by atoms with Crippen molar-refractivity contribution in [2.24, 2.45) is 0 Å². The van der Waals surface area contributed by atoms with E-state index in [1.807, 2.05) is 13.0 Å². The van der Waals surface area contributed by atoms with Crippen LogP contribution in [0.25, 0.3) is 10.9 Å². The molecule has 3 rings (SSSR count). The Morgan fingerprint density at radius 3 is 3.11 bits per heavy atom. The number of anilines is 1. The van der Waals surface area contributed by atoms with E-state index < -0.39 is 0 Å². The summed E-state index contributed by atoms with van der Waals surface area (Å²) in [5.41, 5.74) is 1.39. The second-order valence-electron chi connectivity index (χ2n) is 3.98. The maximum Gasteiger partial charge on any atom is 0.257 e. The average molecular weight is 273 g/mol. The van der Waals surface area contributed by atoms with E-state index in [1.165, 1.54) is 11.3 Å². The summed E-state index contributed by atoms with van der Waals surface area (Å²) in [5.74, 6) is -0.199. The number of nitrogens with one attached hydrogen (secondary N) is 2. The smallest absolute Gasteiger partial charge is 0.257 e. The number of H-pyrrole nitrogens is 1. The maximum atomic E-state index is 12.1. The van der Waals surface area contributed by atoms with Crippen LogP contribution < -0.4 is 5.32 Å². The predicted octanol–water partition coefficient (Wildman–Crippen LogP) is 2.23. The van der Waals surface area contributed by atoms with E-state index in [-0.39, 0.29) is 5.91 Å². The molecule has 2 N–H and O–H groups in total. The monoisotopic (exact) mass is 273 g/mol. The van der Waals surface area contributed by atoms with E-state index in [2.05, 4.69) is 25.7 Å². The zero-order chi connectivity index (χ0) is 13.2. The summed E-state index contributed by atoms with van der Waals surface area (Å²) >= 11 is 1.39. The quantitative estimate of drug-likeness (QED) is 0.766. The highest BCUT2D eigenvalue weighted by Crippen LogP contribution is 2.18. The second-order valence-corrected chi connectivity index (χ2v) is 5.04. The lowest BCUT2D eigenvalue weighted by Crippen LogP contribution is -2.11. The van der Waals surface area contributed by atoms with Gasteiger partial charge in [-0.2, -0.15) is 5.10 Å². The summed E-state index contributed by atoms with van der Waals surface area (Å²) in [6.45, 7) is 2.00. The molecule has 0 radical (unpaired) electrons. The number of fused-ring (bicyclic) bond motifs is 1. The first-order chi connectivity index (χ1) is 9.26. The summed E-state index contributed by atoms with van der Waals surface area (Å²) in [7, 11) is 0. The number of rotatable bonds is 3. The summed E-state index contributed by atoms with van der Waals surface area (Å²) < 4.78 is 0. The standard InChI is InChI=1S/C12H11N5OS/c1-2-10-16-17-12(19-10)14-11(18)7-3-4-8-6-13-15-9(8)5-7/h3-6H,2H2,1H3,(H,13,15)(H,14,17,18). The van der Waals surface area contributed by atoms with E-state index >= 15 is 0 Å². The lowest BCUT2D eigenvalue weighted by molar-refractivity contribution is 0.102. The number of hydrogen-bond acceptors (Lipinski definition) is 5. The minimum Gasteiger partial charge on any atom is -0.296 e. The summed E-state index contributed by atoms with van der Waals surface area (Å²) in [4.78, 5) is 12.1. The van der Waals surface area contributed by atoms with Gasteiger partial charge in [0, 0.05) is 10.9 Å². The van der Waals surface area contributed by atoms with Crippen LogP contribution in [0.4, 0.5) is 5.13 Å². The number of carbonyl (C=O) groups is 1. The van der Waals surface area contributed by atoms with Crippen LogP contribution in [0.5, 0.6) is 0 Å². The van der Waals surface area contributed by atoms with Crippen LogP contribution in [0.3, 0.4) is 0 Å². The molecule has 0 saturated heterocycles. The largest absolute Gasteiger partial charge is 0.296 e. The Bertz CT molecular complexity index is 732. The van der Waals surface area contributed by atoms with Crippen molar-refractivity contribution in [2.45, 2.75) is 13.3 Å². The molecular weight excluding hydrogens is 262 g/mol. The molecule has 19 heavy (non-hydrogen) atoms. The van der Waals surface area contributed by atoms with Gasteiger partial charge in [-0.05, 0) is 18.6 Å². The average Bonchev–Trinajstić information content (AvgIpc) is 3.05. The summed E-state index contributed by atoms with van der Waals surface area (Å²) in [6, 6.07) is 5.37. The zero-order valence-corrected chi connectivity index (χ0v) is 11.0. The molecule has 6 nitrogen and oxygen atoms in total. The van der Waals surface area contributed by atoms with Crippen LogP contribution in [-0.4, -0.2) is 26.3 Å². The van der Waals surface area contributed by atoms with Gasteiger partial charge < -0.3 is 0 Å². The van der Waals surface area contributed by atoms with Gasteiger partial charge in [-0.25, -0.2) is 0 Å². The molecule has 0 saturated carbocycles. The number of aryl methyl sites for hydroxylation is 1. The normalized spacial score (nSPS) is 10.8. The zero-order valence-electron chi connectivity index (χ0n) is 10.2. The lowest BCUT2D eigenvalue weighted by atomic mass is 10.1. The molecular formula is C12H11N5OS. The molecule has 7 heteroatoms. The van der Waals surface area contributed by atoms with Crippen molar-refractivity contribution >= 4 is 33.3 Å². The predicted molar refractivity (Wildman–Crippen MR) is 73.3 cm³/mol. The van der Waals surface area contributed by atoms with Gasteiger partial charge in [-0.1, -0.05) is 24.3 Å². The van der Waals surface area contributed by atoms with E-state index in [0.717, 1.165) is 22.3 Å². The highest BCUT2D eigenvalue weighted by molar-refractivity contribution is 7.15. The van der Waals surface area contributed by atoms with Gasteiger partial charge in [0.15, 0.2) is 0 Å². The summed E-state index contributed by atoms with van der Waals surface area (Å²) in [5, 5.41) is 19.8. The first kappa shape index (κ1) is 11.8. The number of hydrogen-bond donors (Lipinski definition) is 2. The van der Waals surface area contributed by atoms with E-state index in [4.69, 9.17) is 0 Å². The van der Waals surface area contributed by atoms with E-state index in [0.29, 0.717) is 10.7 Å². The molecule has 3 aromatic rings. The molecule has 0 bridgehead atoms. The number of aromatic amines is 1. The fourth-order valence-corrected chi connectivity index (χ4v) is 2.37. The van der Waals surface area contributed by atoms with Gasteiger partial charge in [0.05, 0.1) is 11.7 Å². The Hall–Kier alpha value is -2.28. The van der Waals surface area contributed by atoms with Crippen LogP contribution in [-0.2, 0) is 6.42 Å². The molecule has 0 aliphatic heterocycles. The molecule has 96 valence electrons. The molecule has 0 aliphatic rings. The topological polar surface area (TPSA) is 83.6 Å². The summed E-state index contributed by atoms with van der Waals surface area (Å²) in [6.07, 6.45) is 2.53. The first-order valence-electron chi connectivity index (χ1n) is 5.83. The molecule has 2 heterocycles. The third-order valence-electron chi connectivity index (χ3n) is 2.69. The fraction of sp³-hybridized carbons (Fsp3) is 0.167. The molecule has 0 fully saturated rings. The Kier molecular flexibility index (Phi) is 2.96. The molecule has 0 spiro atoms. The Labute approximate surface area is 112 Å². The van der Waals surface area contributed by atoms with Gasteiger partial charge in [0.2, 0.25) is 5.13 Å². The van der Waals surface area contributed by atoms with Crippen LogP contribution in [0.2, 0.25) is 0 Å². The third kappa shape index (κ3) is 2.32. The lowest BCUT2D eigenvalue weighted by Gasteiger charge is -2.00. The molecule has 1 amide bonds. The molecule has 0 atom stereocenters. The third-order valence-corrected chi connectivity index (χ3v) is 3.68. The van der Waals surface area contributed by atoms with Gasteiger partial charge in [0.25, 0.3) is 5.91 Å². The fourth-order valence-electron chi connectivity index (χ4n) is 1.69. The van der Waals surface area contributed by atoms with Crippen molar-refractivity contribution in [1.82, 2.24) is 20.4 Å². The highest BCUT2D eigenvalue weighted by atomic mass is 32.1. The molecule has 1 aromatic carbocycles. The number of amides is 1.